The lowest BCUT2D eigenvalue weighted by atomic mass is 9.34. The summed E-state index contributed by atoms with van der Waals surface area (Å²) in [6.07, 6.45) is 10.9. The number of hydrogen-bond acceptors (Lipinski definition) is 5. The number of Topliss-reactive ketones (excluding diaryl/α,β-unsaturated/α-hetero) is 1. The predicted molar refractivity (Wildman–Crippen MR) is 145 cm³/mol. The van der Waals surface area contributed by atoms with Crippen LogP contribution in [0.3, 0.4) is 0 Å². The summed E-state index contributed by atoms with van der Waals surface area (Å²) >= 11 is 0. The van der Waals surface area contributed by atoms with Crippen LogP contribution >= 0.6 is 0 Å². The average molecular weight is 515 g/mol. The number of fused-ring (bicyclic) bond motifs is 5. The van der Waals surface area contributed by atoms with Gasteiger partial charge >= 0.3 is 5.97 Å². The smallest absolute Gasteiger partial charge is 0.308 e. The highest BCUT2D eigenvalue weighted by molar-refractivity contribution is 5.97. The maximum Gasteiger partial charge on any atom is 0.308 e. The van der Waals surface area contributed by atoms with Crippen LogP contribution in [0.2, 0.25) is 0 Å². The molecular formula is C32H50O5. The second-order valence-corrected chi connectivity index (χ2v) is 14.0. The summed E-state index contributed by atoms with van der Waals surface area (Å²) < 4.78 is 6.30. The van der Waals surface area contributed by atoms with Gasteiger partial charge in [-0.2, -0.15) is 0 Å². The Hall–Kier alpha value is -1.49. The molecule has 0 amide bonds. The number of carbonyl (C=O) groups excluding carboxylic acids is 3. The number of aliphatic hydroxyl groups excluding tert-OH is 1. The van der Waals surface area contributed by atoms with Crippen LogP contribution in [0.1, 0.15) is 113 Å². The Morgan fingerprint density at radius 2 is 1.76 bits per heavy atom. The molecule has 1 unspecified atom stereocenters. The van der Waals surface area contributed by atoms with Gasteiger partial charge in [-0.1, -0.05) is 60.5 Å². The molecule has 0 heterocycles. The van der Waals surface area contributed by atoms with Crippen LogP contribution < -0.4 is 0 Å². The van der Waals surface area contributed by atoms with Gasteiger partial charge in [0.1, 0.15) is 12.4 Å². The van der Waals surface area contributed by atoms with Gasteiger partial charge in [0.25, 0.3) is 0 Å². The molecule has 0 spiro atoms. The van der Waals surface area contributed by atoms with Gasteiger partial charge in [-0.3, -0.25) is 9.59 Å². The van der Waals surface area contributed by atoms with Crippen molar-refractivity contribution < 1.29 is 24.2 Å². The van der Waals surface area contributed by atoms with Crippen LogP contribution in [0, 0.1) is 45.3 Å². The summed E-state index contributed by atoms with van der Waals surface area (Å²) in [6, 6.07) is 0. The number of carbonyl (C=O) groups is 3. The first-order valence-electron chi connectivity index (χ1n) is 14.9. The molecule has 10 atom stereocenters. The molecule has 3 fully saturated rings. The van der Waals surface area contributed by atoms with Crippen LogP contribution in [0.5, 0.6) is 0 Å². The molecule has 0 aromatic heterocycles. The summed E-state index contributed by atoms with van der Waals surface area (Å²) in [7, 11) is 0. The van der Waals surface area contributed by atoms with Gasteiger partial charge < -0.3 is 14.6 Å². The van der Waals surface area contributed by atoms with Crippen LogP contribution in [-0.4, -0.2) is 35.4 Å². The van der Waals surface area contributed by atoms with E-state index in [1.165, 1.54) is 39.0 Å². The zero-order valence-electron chi connectivity index (χ0n) is 24.3. The van der Waals surface area contributed by atoms with Crippen LogP contribution in [-0.2, 0) is 19.1 Å². The fourth-order valence-corrected chi connectivity index (χ4v) is 10.2. The minimum atomic E-state index is -0.731. The van der Waals surface area contributed by atoms with Crippen molar-refractivity contribution >= 4 is 18.0 Å². The van der Waals surface area contributed by atoms with E-state index in [9.17, 15) is 19.5 Å². The fourth-order valence-electron chi connectivity index (χ4n) is 10.2. The number of allylic oxidation sites excluding steroid dienone is 2. The summed E-state index contributed by atoms with van der Waals surface area (Å²) in [5.41, 5.74) is 0.388. The number of ether oxygens (including phenoxy) is 1. The minimum Gasteiger partial charge on any atom is -0.462 e. The second-order valence-electron chi connectivity index (χ2n) is 14.0. The normalized spacial score (nSPS) is 45.9. The number of hydrogen-bond donors (Lipinski definition) is 1. The number of esters is 1. The highest BCUT2D eigenvalue weighted by Crippen LogP contribution is 2.73. The first-order valence-corrected chi connectivity index (χ1v) is 14.9. The largest absolute Gasteiger partial charge is 0.462 e. The van der Waals surface area contributed by atoms with E-state index in [4.69, 9.17) is 4.74 Å². The van der Waals surface area contributed by atoms with Gasteiger partial charge in [0, 0.05) is 11.0 Å². The molecule has 0 radical (unpaired) electrons. The molecule has 0 aliphatic heterocycles. The molecule has 37 heavy (non-hydrogen) atoms. The van der Waals surface area contributed by atoms with Crippen molar-refractivity contribution in [1.29, 1.82) is 0 Å². The summed E-state index contributed by atoms with van der Waals surface area (Å²) in [4.78, 5) is 38.4. The Kier molecular flexibility index (Phi) is 7.64. The third-order valence-corrected chi connectivity index (χ3v) is 12.4. The van der Waals surface area contributed by atoms with E-state index in [0.29, 0.717) is 29.2 Å². The highest BCUT2D eigenvalue weighted by atomic mass is 16.5. The fraction of sp³-hybridized carbons (Fsp3) is 0.844. The molecule has 208 valence electrons. The van der Waals surface area contributed by atoms with Gasteiger partial charge in [-0.15, -0.1) is 0 Å². The lowest BCUT2D eigenvalue weighted by Crippen LogP contribution is -2.67. The molecule has 4 rings (SSSR count). The maximum atomic E-state index is 13.1. The molecule has 0 aromatic carbocycles. The molecule has 4 aliphatic carbocycles. The Balaban J connectivity index is 1.82. The summed E-state index contributed by atoms with van der Waals surface area (Å²) in [5.74, 6) is 0.0831. The first kappa shape index (κ1) is 28.5. The quantitative estimate of drug-likeness (QED) is 0.311. The van der Waals surface area contributed by atoms with E-state index < -0.39 is 29.5 Å². The standard InChI is InChI=1S/C32H50O5/c1-8-21(35)17-28(36)37-27-18-26-30(5)15-10-14-29(4,9-2)24(30)13-16-31(26,6)25-12-11-22(20(3)34)23(19-33)32(25,27)7/h11,19,21,23-27,35H,8-10,12-18H2,1-7H3/t21?,23-,24-,25-,26+,27-,29-,30-,31-,32+/m0/s1. The second kappa shape index (κ2) is 9.92. The van der Waals surface area contributed by atoms with E-state index in [2.05, 4.69) is 34.6 Å². The number of ketones is 1. The van der Waals surface area contributed by atoms with Crippen LogP contribution in [0.4, 0.5) is 0 Å². The number of aldehydes is 1. The monoisotopic (exact) mass is 514 g/mol. The van der Waals surface area contributed by atoms with E-state index >= 15 is 0 Å². The van der Waals surface area contributed by atoms with E-state index in [1.807, 2.05) is 13.0 Å². The molecule has 0 aromatic rings. The Morgan fingerprint density at radius 1 is 1.08 bits per heavy atom. The lowest BCUT2D eigenvalue weighted by Gasteiger charge is -2.70. The average Bonchev–Trinajstić information content (AvgIpc) is 2.84. The Morgan fingerprint density at radius 3 is 2.35 bits per heavy atom. The van der Waals surface area contributed by atoms with Gasteiger partial charge in [0.2, 0.25) is 0 Å². The third kappa shape index (κ3) is 4.26. The van der Waals surface area contributed by atoms with Crippen molar-refractivity contribution in [3.63, 3.8) is 0 Å². The molecule has 4 aliphatic rings. The summed E-state index contributed by atoms with van der Waals surface area (Å²) in [6.45, 7) is 15.3. The van der Waals surface area contributed by atoms with Crippen molar-refractivity contribution in [2.24, 2.45) is 45.3 Å². The number of rotatable bonds is 7. The molecule has 1 N–H and O–H groups in total. The van der Waals surface area contributed by atoms with Crippen molar-refractivity contribution in [2.45, 2.75) is 125 Å². The molecule has 5 heteroatoms. The van der Waals surface area contributed by atoms with Gasteiger partial charge in [-0.05, 0) is 85.9 Å². The number of aliphatic hydroxyl groups is 1. The van der Waals surface area contributed by atoms with Crippen molar-refractivity contribution in [1.82, 2.24) is 0 Å². The van der Waals surface area contributed by atoms with Gasteiger partial charge in [0.15, 0.2) is 5.78 Å². The zero-order chi connectivity index (χ0) is 27.4. The zero-order valence-corrected chi connectivity index (χ0v) is 24.3. The Labute approximate surface area is 224 Å². The molecule has 3 saturated carbocycles. The Bertz CT molecular complexity index is 955. The van der Waals surface area contributed by atoms with Crippen molar-refractivity contribution in [2.75, 3.05) is 0 Å². The molecule has 0 saturated heterocycles. The maximum absolute atomic E-state index is 13.1. The lowest BCUT2D eigenvalue weighted by molar-refractivity contribution is -0.240. The van der Waals surface area contributed by atoms with Gasteiger partial charge in [0.05, 0.1) is 18.4 Å². The topological polar surface area (TPSA) is 80.7 Å². The first-order chi connectivity index (χ1) is 17.3. The predicted octanol–water partition coefficient (Wildman–Crippen LogP) is 6.46. The van der Waals surface area contributed by atoms with Gasteiger partial charge in [-0.25, -0.2) is 0 Å². The molecule has 5 nitrogen and oxygen atoms in total. The van der Waals surface area contributed by atoms with Crippen LogP contribution in [0.15, 0.2) is 11.6 Å². The highest BCUT2D eigenvalue weighted by Gasteiger charge is 2.69. The van der Waals surface area contributed by atoms with Crippen molar-refractivity contribution in [3.05, 3.63) is 11.6 Å². The van der Waals surface area contributed by atoms with E-state index in [0.717, 1.165) is 25.5 Å². The van der Waals surface area contributed by atoms with E-state index in [-0.39, 0.29) is 29.0 Å². The third-order valence-electron chi connectivity index (χ3n) is 12.4. The minimum absolute atomic E-state index is 0.00207. The molecular weight excluding hydrogens is 464 g/mol. The van der Waals surface area contributed by atoms with E-state index in [1.54, 1.807) is 0 Å². The summed E-state index contributed by atoms with van der Waals surface area (Å²) in [5, 5.41) is 10.2. The van der Waals surface area contributed by atoms with Crippen LogP contribution in [0.25, 0.3) is 0 Å². The van der Waals surface area contributed by atoms with Crippen molar-refractivity contribution in [3.8, 4) is 0 Å². The SMILES string of the molecule is CCC(O)CC(=O)O[C@H]1C[C@@H]2[C@@]3(C)CCC[C@](C)(CC)[C@@H]3CC[C@@]2(C)[C@@H]2CC=C(C(C)=O)[C@H](C=O)[C@@]12C. The molecule has 0 bridgehead atoms.